The largest absolute Gasteiger partial charge is 0.0588 e. The lowest BCUT2D eigenvalue weighted by molar-refractivity contribution is 0.176. The second kappa shape index (κ2) is 8.70. The van der Waals surface area contributed by atoms with Crippen molar-refractivity contribution in [3.63, 3.8) is 0 Å². The summed E-state index contributed by atoms with van der Waals surface area (Å²) in [5.74, 6) is 0. The van der Waals surface area contributed by atoms with Gasteiger partial charge in [0.1, 0.15) is 0 Å². The lowest BCUT2D eigenvalue weighted by Gasteiger charge is -2.49. The lowest BCUT2D eigenvalue weighted by Crippen LogP contribution is -2.44. The summed E-state index contributed by atoms with van der Waals surface area (Å²) in [6.07, 6.45) is 6.22. The summed E-state index contributed by atoms with van der Waals surface area (Å²) in [5.41, 5.74) is 18.1. The number of benzene rings is 4. The predicted octanol–water partition coefficient (Wildman–Crippen LogP) is 10.2. The SMILES string of the molecule is Cc1ccc(C23CC4(c5ccc(C)c(C)c5)CC(c5ccc(C)c(C)c5)(C2)C(c2ccc(C)c(C)c2)(C3)C4)cc1C. The van der Waals surface area contributed by atoms with Gasteiger partial charge in [-0.2, -0.15) is 0 Å². The molecule has 4 aromatic carbocycles. The van der Waals surface area contributed by atoms with Crippen molar-refractivity contribution in [1.29, 1.82) is 0 Å². The van der Waals surface area contributed by atoms with Crippen molar-refractivity contribution < 1.29 is 0 Å². The van der Waals surface area contributed by atoms with E-state index in [1.54, 1.807) is 22.3 Å². The van der Waals surface area contributed by atoms with Gasteiger partial charge < -0.3 is 0 Å². The highest BCUT2D eigenvalue weighted by atomic mass is 14.8. The molecular formula is C41H46. The van der Waals surface area contributed by atoms with Crippen LogP contribution in [0.5, 0.6) is 0 Å². The van der Waals surface area contributed by atoms with Crippen molar-refractivity contribution in [2.75, 3.05) is 0 Å². The van der Waals surface area contributed by atoms with E-state index in [1.807, 2.05) is 0 Å². The Hall–Kier alpha value is -3.12. The Morgan fingerprint density at radius 2 is 0.585 bits per heavy atom. The van der Waals surface area contributed by atoms with Crippen LogP contribution in [-0.4, -0.2) is 0 Å². The average Bonchev–Trinajstić information content (AvgIpc) is 3.28. The Kier molecular flexibility index (Phi) is 5.68. The minimum atomic E-state index is 0.100. The van der Waals surface area contributed by atoms with Crippen molar-refractivity contribution >= 4 is 0 Å². The Labute approximate surface area is 248 Å². The molecule has 0 N–H and O–H groups in total. The maximum absolute atomic E-state index is 2.57. The zero-order valence-corrected chi connectivity index (χ0v) is 26.5. The number of hydrogen-bond acceptors (Lipinski definition) is 0. The first-order valence-electron chi connectivity index (χ1n) is 15.7. The second-order valence-corrected chi connectivity index (χ2v) is 14.8. The number of rotatable bonds is 4. The van der Waals surface area contributed by atoms with E-state index < -0.39 is 0 Å². The molecule has 4 aliphatic rings. The molecule has 41 heavy (non-hydrogen) atoms. The highest BCUT2D eigenvalue weighted by Gasteiger charge is 2.77. The molecule has 4 aromatic rings. The summed E-state index contributed by atoms with van der Waals surface area (Å²) in [7, 11) is 0. The normalized spacial score (nSPS) is 29.9. The van der Waals surface area contributed by atoms with E-state index >= 15 is 0 Å². The smallest absolute Gasteiger partial charge is 0.00675 e. The van der Waals surface area contributed by atoms with Gasteiger partial charge in [0.2, 0.25) is 0 Å². The van der Waals surface area contributed by atoms with E-state index in [2.05, 4.69) is 128 Å². The lowest BCUT2D eigenvalue weighted by atomic mass is 9.54. The van der Waals surface area contributed by atoms with E-state index in [4.69, 9.17) is 0 Å². The Bertz CT molecular complexity index is 1570. The summed E-state index contributed by atoms with van der Waals surface area (Å²) < 4.78 is 0. The predicted molar refractivity (Wildman–Crippen MR) is 173 cm³/mol. The van der Waals surface area contributed by atoms with Gasteiger partial charge in [-0.25, -0.2) is 0 Å². The van der Waals surface area contributed by atoms with Gasteiger partial charge in [-0.05, 0) is 165 Å². The first kappa shape index (κ1) is 26.8. The fraction of sp³-hybridized carbons (Fsp3) is 0.415. The summed E-state index contributed by atoms with van der Waals surface area (Å²) in [5, 5.41) is 0. The molecule has 8 rings (SSSR count). The minimum absolute atomic E-state index is 0.100. The van der Waals surface area contributed by atoms with Crippen molar-refractivity contribution in [3.8, 4) is 0 Å². The highest BCUT2D eigenvalue weighted by molar-refractivity contribution is 5.58. The Morgan fingerprint density at radius 1 is 0.317 bits per heavy atom. The molecule has 0 heteroatoms. The van der Waals surface area contributed by atoms with E-state index in [1.165, 1.54) is 76.6 Å². The van der Waals surface area contributed by atoms with Crippen molar-refractivity contribution in [1.82, 2.24) is 0 Å². The average molecular weight is 539 g/mol. The molecule has 0 aromatic heterocycles. The number of hydrogen-bond donors (Lipinski definition) is 0. The second-order valence-electron chi connectivity index (χ2n) is 14.8. The molecule has 0 spiro atoms. The molecule has 0 radical (unpaired) electrons. The van der Waals surface area contributed by atoms with Crippen molar-refractivity contribution in [2.45, 2.75) is 109 Å². The molecule has 4 aliphatic carbocycles. The van der Waals surface area contributed by atoms with Gasteiger partial charge >= 0.3 is 0 Å². The quantitative estimate of drug-likeness (QED) is 0.242. The van der Waals surface area contributed by atoms with Crippen LogP contribution in [0, 0.1) is 55.4 Å². The summed E-state index contributed by atoms with van der Waals surface area (Å²) in [4.78, 5) is 0. The van der Waals surface area contributed by atoms with Gasteiger partial charge in [-0.3, -0.25) is 0 Å². The van der Waals surface area contributed by atoms with Crippen LogP contribution in [0.2, 0.25) is 0 Å². The third-order valence-electron chi connectivity index (χ3n) is 12.5. The molecule has 4 fully saturated rings. The van der Waals surface area contributed by atoms with Crippen LogP contribution in [0.15, 0.2) is 72.8 Å². The van der Waals surface area contributed by atoms with E-state index in [0.717, 1.165) is 0 Å². The van der Waals surface area contributed by atoms with Crippen LogP contribution in [0.3, 0.4) is 0 Å². The van der Waals surface area contributed by atoms with Crippen LogP contribution < -0.4 is 0 Å². The molecule has 0 unspecified atom stereocenters. The maximum Gasteiger partial charge on any atom is 0.00675 e. The summed E-state index contributed by atoms with van der Waals surface area (Å²) >= 11 is 0. The van der Waals surface area contributed by atoms with Crippen LogP contribution in [0.4, 0.5) is 0 Å². The van der Waals surface area contributed by atoms with Gasteiger partial charge in [0.05, 0.1) is 0 Å². The number of aryl methyl sites for hydroxylation is 8. The van der Waals surface area contributed by atoms with Crippen LogP contribution in [-0.2, 0) is 21.7 Å². The standard InChI is InChI=1S/C41H46/c1-26-9-13-34(17-30(26)5)38-21-39(35-14-10-27(2)31(6)18-35)24-40(22-38,36-15-11-28(3)32(7)19-36)41(23-38,25-39)37-16-12-29(4)33(8)20-37/h9-20H,21-25H2,1-8H3. The first-order chi connectivity index (χ1) is 19.4. The van der Waals surface area contributed by atoms with Gasteiger partial charge in [-0.15, -0.1) is 0 Å². The van der Waals surface area contributed by atoms with E-state index in [9.17, 15) is 0 Å². The molecular weight excluding hydrogens is 492 g/mol. The minimum Gasteiger partial charge on any atom is -0.0588 e. The third kappa shape index (κ3) is 3.58. The maximum atomic E-state index is 2.57. The summed E-state index contributed by atoms with van der Waals surface area (Å²) in [6.45, 7) is 18.3. The molecule has 0 aliphatic heterocycles. The van der Waals surface area contributed by atoms with Gasteiger partial charge in [0.25, 0.3) is 0 Å². The molecule has 210 valence electrons. The van der Waals surface area contributed by atoms with Crippen molar-refractivity contribution in [2.24, 2.45) is 0 Å². The Morgan fingerprint density at radius 3 is 0.878 bits per heavy atom. The fourth-order valence-corrected chi connectivity index (χ4v) is 9.93. The summed E-state index contributed by atoms with van der Waals surface area (Å²) in [6, 6.07) is 29.8. The van der Waals surface area contributed by atoms with Gasteiger partial charge in [0, 0.05) is 10.8 Å². The topological polar surface area (TPSA) is 0 Å². The molecule has 0 nitrogen and oxygen atoms in total. The Balaban J connectivity index is 1.56. The molecule has 0 atom stereocenters. The fourth-order valence-electron chi connectivity index (χ4n) is 9.93. The first-order valence-corrected chi connectivity index (χ1v) is 15.7. The molecule has 4 bridgehead atoms. The van der Waals surface area contributed by atoms with Crippen LogP contribution in [0.25, 0.3) is 0 Å². The molecule has 0 saturated heterocycles. The van der Waals surface area contributed by atoms with Crippen LogP contribution in [0.1, 0.15) is 98.9 Å². The molecule has 0 amide bonds. The third-order valence-corrected chi connectivity index (χ3v) is 12.5. The zero-order chi connectivity index (χ0) is 28.9. The van der Waals surface area contributed by atoms with Gasteiger partial charge in [0.15, 0.2) is 0 Å². The van der Waals surface area contributed by atoms with Crippen LogP contribution >= 0.6 is 0 Å². The van der Waals surface area contributed by atoms with Gasteiger partial charge in [-0.1, -0.05) is 72.8 Å². The highest BCUT2D eigenvalue weighted by Crippen LogP contribution is 2.80. The molecule has 0 heterocycles. The van der Waals surface area contributed by atoms with Crippen molar-refractivity contribution in [3.05, 3.63) is 140 Å². The zero-order valence-electron chi connectivity index (χ0n) is 26.5. The van der Waals surface area contributed by atoms with E-state index in [0.29, 0.717) is 0 Å². The molecule has 4 saturated carbocycles. The monoisotopic (exact) mass is 538 g/mol. The van der Waals surface area contributed by atoms with E-state index in [-0.39, 0.29) is 21.7 Å².